The van der Waals surface area contributed by atoms with Crippen molar-refractivity contribution in [2.45, 2.75) is 5.88 Å². The summed E-state index contributed by atoms with van der Waals surface area (Å²) in [5, 5.41) is 0. The molecule has 0 amide bonds. The summed E-state index contributed by atoms with van der Waals surface area (Å²) >= 11 is 11.8. The van der Waals surface area contributed by atoms with E-state index in [1.807, 2.05) is 12.1 Å². The zero-order chi connectivity index (χ0) is 13.4. The Balaban J connectivity index is 2.32. The lowest BCUT2D eigenvalue weighted by atomic mass is 10.3. The monoisotopic (exact) mass is 446 g/mol. The molecule has 0 aliphatic rings. The summed E-state index contributed by atoms with van der Waals surface area (Å²) in [5.74, 6) is 1.24. The highest BCUT2D eigenvalue weighted by molar-refractivity contribution is 14.1. The number of imidazole rings is 1. The normalized spacial score (nSPS) is 11.1. The molecule has 0 N–H and O–H groups in total. The lowest BCUT2D eigenvalue weighted by molar-refractivity contribution is 0.981. The van der Waals surface area contributed by atoms with Gasteiger partial charge in [-0.1, -0.05) is 22.0 Å². The van der Waals surface area contributed by atoms with E-state index >= 15 is 0 Å². The van der Waals surface area contributed by atoms with Gasteiger partial charge in [0.15, 0.2) is 0 Å². The summed E-state index contributed by atoms with van der Waals surface area (Å²) < 4.78 is 4.31. The predicted octanol–water partition coefficient (Wildman–Crippen LogP) is 5.13. The van der Waals surface area contributed by atoms with Crippen molar-refractivity contribution in [3.63, 3.8) is 0 Å². The van der Waals surface area contributed by atoms with E-state index in [9.17, 15) is 0 Å². The third-order valence-corrected chi connectivity index (χ3v) is 4.28. The second-order valence-corrected chi connectivity index (χ2v) is 6.54. The third kappa shape index (κ3) is 2.53. The molecule has 5 heteroatoms. The number of nitrogens with zero attached hydrogens (tertiary/aromatic N) is 2. The van der Waals surface area contributed by atoms with Crippen molar-refractivity contribution in [1.82, 2.24) is 9.55 Å². The van der Waals surface area contributed by atoms with Gasteiger partial charge in [0.2, 0.25) is 0 Å². The summed E-state index contributed by atoms with van der Waals surface area (Å²) in [6.07, 6.45) is 0. The van der Waals surface area contributed by atoms with E-state index in [4.69, 9.17) is 11.6 Å². The minimum Gasteiger partial charge on any atom is -0.295 e. The molecule has 0 aliphatic carbocycles. The van der Waals surface area contributed by atoms with Gasteiger partial charge >= 0.3 is 0 Å². The van der Waals surface area contributed by atoms with Crippen molar-refractivity contribution in [2.75, 3.05) is 0 Å². The first-order valence-electron chi connectivity index (χ1n) is 5.68. The van der Waals surface area contributed by atoms with Crippen LogP contribution in [-0.4, -0.2) is 9.55 Å². The maximum absolute atomic E-state index is 6.04. The van der Waals surface area contributed by atoms with Crippen molar-refractivity contribution < 1.29 is 0 Å². The van der Waals surface area contributed by atoms with Crippen LogP contribution >= 0.6 is 50.1 Å². The van der Waals surface area contributed by atoms with Gasteiger partial charge in [0.1, 0.15) is 5.82 Å². The number of rotatable bonds is 2. The van der Waals surface area contributed by atoms with E-state index in [2.05, 4.69) is 78.4 Å². The van der Waals surface area contributed by atoms with Crippen molar-refractivity contribution >= 4 is 61.2 Å². The zero-order valence-corrected chi connectivity index (χ0v) is 14.3. The van der Waals surface area contributed by atoms with E-state index < -0.39 is 0 Å². The topological polar surface area (TPSA) is 17.8 Å². The minimum absolute atomic E-state index is 0.387. The fourth-order valence-electron chi connectivity index (χ4n) is 2.10. The minimum atomic E-state index is 0.387. The van der Waals surface area contributed by atoms with Crippen molar-refractivity contribution in [3.05, 3.63) is 56.3 Å². The van der Waals surface area contributed by atoms with Crippen LogP contribution in [0.3, 0.4) is 0 Å². The Morgan fingerprint density at radius 3 is 2.79 bits per heavy atom. The van der Waals surface area contributed by atoms with Gasteiger partial charge in [-0.05, 0) is 59.0 Å². The number of aromatic nitrogens is 2. The summed E-state index contributed by atoms with van der Waals surface area (Å²) in [4.78, 5) is 4.61. The van der Waals surface area contributed by atoms with Crippen LogP contribution in [0.1, 0.15) is 5.82 Å². The maximum atomic E-state index is 6.04. The standard InChI is InChI=1S/C14H9BrClIN2/c15-9-2-1-3-11(6-9)19-13-5-4-10(17)7-12(13)18-14(19)8-16/h1-7H,8H2. The molecule has 0 atom stereocenters. The Morgan fingerprint density at radius 2 is 2.05 bits per heavy atom. The first kappa shape index (κ1) is 13.4. The van der Waals surface area contributed by atoms with Gasteiger partial charge in [-0.15, -0.1) is 11.6 Å². The van der Waals surface area contributed by atoms with E-state index in [1.165, 1.54) is 3.57 Å². The number of halogens is 3. The molecule has 0 radical (unpaired) electrons. The smallest absolute Gasteiger partial charge is 0.129 e. The molecular weight excluding hydrogens is 438 g/mol. The van der Waals surface area contributed by atoms with Gasteiger partial charge < -0.3 is 0 Å². The van der Waals surface area contributed by atoms with E-state index in [-0.39, 0.29) is 0 Å². The van der Waals surface area contributed by atoms with Gasteiger partial charge in [0.05, 0.1) is 16.9 Å². The predicted molar refractivity (Wildman–Crippen MR) is 91.0 cm³/mol. The number of benzene rings is 2. The highest BCUT2D eigenvalue weighted by atomic mass is 127. The molecule has 3 aromatic rings. The lowest BCUT2D eigenvalue weighted by Crippen LogP contribution is -1.99. The molecule has 2 aromatic carbocycles. The first-order chi connectivity index (χ1) is 9.19. The van der Waals surface area contributed by atoms with Gasteiger partial charge in [0, 0.05) is 13.7 Å². The molecule has 0 spiro atoms. The Hall–Kier alpha value is -0.590. The molecule has 0 bridgehead atoms. The lowest BCUT2D eigenvalue weighted by Gasteiger charge is -2.08. The highest BCUT2D eigenvalue weighted by Crippen LogP contribution is 2.25. The SMILES string of the molecule is ClCc1nc2cc(I)ccc2n1-c1cccc(Br)c1. The summed E-state index contributed by atoms with van der Waals surface area (Å²) in [6, 6.07) is 14.4. The number of fused-ring (bicyclic) bond motifs is 1. The molecular formula is C14H9BrClIN2. The molecule has 19 heavy (non-hydrogen) atoms. The summed E-state index contributed by atoms with van der Waals surface area (Å²) in [5.41, 5.74) is 3.12. The molecule has 1 heterocycles. The van der Waals surface area contributed by atoms with E-state index in [0.29, 0.717) is 5.88 Å². The first-order valence-corrected chi connectivity index (χ1v) is 8.08. The number of hydrogen-bond donors (Lipinski definition) is 0. The van der Waals surface area contributed by atoms with Crippen LogP contribution in [0.25, 0.3) is 16.7 Å². The second kappa shape index (κ2) is 5.42. The van der Waals surface area contributed by atoms with Crippen LogP contribution in [-0.2, 0) is 5.88 Å². The molecule has 0 fully saturated rings. The average molecular weight is 448 g/mol. The number of alkyl halides is 1. The Labute approximate surface area is 138 Å². The van der Waals surface area contributed by atoms with E-state index in [1.54, 1.807) is 0 Å². The zero-order valence-electron chi connectivity index (χ0n) is 9.78. The third-order valence-electron chi connectivity index (χ3n) is 2.87. The molecule has 1 aromatic heterocycles. The van der Waals surface area contributed by atoms with Gasteiger partial charge in [-0.25, -0.2) is 4.98 Å². The van der Waals surface area contributed by atoms with Crippen molar-refractivity contribution in [2.24, 2.45) is 0 Å². The highest BCUT2D eigenvalue weighted by Gasteiger charge is 2.12. The molecule has 96 valence electrons. The molecule has 0 saturated carbocycles. The maximum Gasteiger partial charge on any atom is 0.129 e. The fourth-order valence-corrected chi connectivity index (χ4v) is 3.14. The Bertz CT molecular complexity index is 754. The molecule has 0 aliphatic heterocycles. The van der Waals surface area contributed by atoms with Crippen molar-refractivity contribution in [1.29, 1.82) is 0 Å². The molecule has 0 unspecified atom stereocenters. The van der Waals surface area contributed by atoms with Gasteiger partial charge in [0.25, 0.3) is 0 Å². The van der Waals surface area contributed by atoms with Crippen LogP contribution in [0.4, 0.5) is 0 Å². The molecule has 0 saturated heterocycles. The van der Waals surface area contributed by atoms with Crippen molar-refractivity contribution in [3.8, 4) is 5.69 Å². The fraction of sp³-hybridized carbons (Fsp3) is 0.0714. The van der Waals surface area contributed by atoms with Crippen LogP contribution in [0.5, 0.6) is 0 Å². The van der Waals surface area contributed by atoms with Crippen LogP contribution in [0.15, 0.2) is 46.9 Å². The average Bonchev–Trinajstić information content (AvgIpc) is 2.76. The van der Waals surface area contributed by atoms with Gasteiger partial charge in [-0.3, -0.25) is 4.57 Å². The van der Waals surface area contributed by atoms with Crippen LogP contribution in [0, 0.1) is 3.57 Å². The molecule has 2 nitrogen and oxygen atoms in total. The summed E-state index contributed by atoms with van der Waals surface area (Å²) in [6.45, 7) is 0. The summed E-state index contributed by atoms with van der Waals surface area (Å²) in [7, 11) is 0. The quantitative estimate of drug-likeness (QED) is 0.393. The second-order valence-electron chi connectivity index (χ2n) is 4.11. The Kier molecular flexibility index (Phi) is 3.82. The van der Waals surface area contributed by atoms with Crippen LogP contribution < -0.4 is 0 Å². The number of hydrogen-bond acceptors (Lipinski definition) is 1. The largest absolute Gasteiger partial charge is 0.295 e. The Morgan fingerprint density at radius 1 is 1.21 bits per heavy atom. The van der Waals surface area contributed by atoms with Crippen LogP contribution in [0.2, 0.25) is 0 Å². The van der Waals surface area contributed by atoms with Gasteiger partial charge in [-0.2, -0.15) is 0 Å². The van der Waals surface area contributed by atoms with E-state index in [0.717, 1.165) is 27.0 Å². The molecule has 3 rings (SSSR count).